The van der Waals surface area contributed by atoms with Gasteiger partial charge in [0.25, 0.3) is 0 Å². The lowest BCUT2D eigenvalue weighted by atomic mass is 10.2. The highest BCUT2D eigenvalue weighted by Crippen LogP contribution is 2.19. The minimum Gasteiger partial charge on any atom is -0.507 e. The maximum absolute atomic E-state index is 12.7. The molecule has 0 aliphatic carbocycles. The number of anilines is 1. The molecule has 0 atom stereocenters. The van der Waals surface area contributed by atoms with E-state index < -0.39 is 24.1 Å². The fraction of sp³-hybridized carbons (Fsp3) is 0.0625. The Bertz CT molecular complexity index is 779. The predicted octanol–water partition coefficient (Wildman–Crippen LogP) is 2.66. The van der Waals surface area contributed by atoms with Gasteiger partial charge in [-0.15, -0.1) is 0 Å². The van der Waals surface area contributed by atoms with E-state index in [0.29, 0.717) is 16.3 Å². The van der Waals surface area contributed by atoms with Crippen LogP contribution in [0.1, 0.15) is 12.0 Å². The zero-order valence-corrected chi connectivity index (χ0v) is 13.0. The number of amides is 2. The Labute approximate surface area is 141 Å². The Balaban J connectivity index is 1.84. The number of rotatable bonds is 5. The van der Waals surface area contributed by atoms with Crippen LogP contribution in [-0.2, 0) is 9.59 Å². The molecule has 8 heteroatoms. The number of halogens is 2. The van der Waals surface area contributed by atoms with E-state index >= 15 is 0 Å². The van der Waals surface area contributed by atoms with Crippen molar-refractivity contribution in [3.05, 3.63) is 58.9 Å². The second kappa shape index (κ2) is 8.07. The number of carbonyl (C=O) groups excluding carboxylic acids is 2. The van der Waals surface area contributed by atoms with Crippen molar-refractivity contribution in [2.45, 2.75) is 6.42 Å². The number of hydrogen-bond acceptors (Lipinski definition) is 4. The molecule has 0 heterocycles. The number of carbonyl (C=O) groups is 2. The van der Waals surface area contributed by atoms with Crippen molar-refractivity contribution in [2.75, 3.05) is 5.32 Å². The maximum Gasteiger partial charge on any atom is 0.249 e. The molecule has 24 heavy (non-hydrogen) atoms. The quantitative estimate of drug-likeness (QED) is 0.440. The van der Waals surface area contributed by atoms with Gasteiger partial charge in [-0.05, 0) is 42.5 Å². The van der Waals surface area contributed by atoms with Crippen molar-refractivity contribution in [3.8, 4) is 5.75 Å². The van der Waals surface area contributed by atoms with Crippen LogP contribution in [-0.4, -0.2) is 23.1 Å². The monoisotopic (exact) mass is 349 g/mol. The number of nitrogens with one attached hydrogen (secondary N) is 2. The van der Waals surface area contributed by atoms with E-state index in [2.05, 4.69) is 15.8 Å². The van der Waals surface area contributed by atoms with E-state index in [1.165, 1.54) is 48.7 Å². The normalized spacial score (nSPS) is 10.6. The topological polar surface area (TPSA) is 90.8 Å². The van der Waals surface area contributed by atoms with E-state index in [1.54, 1.807) is 0 Å². The summed E-state index contributed by atoms with van der Waals surface area (Å²) in [7, 11) is 0. The lowest BCUT2D eigenvalue weighted by Gasteiger charge is -2.04. The zero-order valence-electron chi connectivity index (χ0n) is 12.3. The van der Waals surface area contributed by atoms with Crippen LogP contribution in [0, 0.1) is 5.82 Å². The van der Waals surface area contributed by atoms with Crippen LogP contribution in [0.3, 0.4) is 0 Å². The standard InChI is InChI=1S/C16H13ClFN3O3/c17-11-1-6-14(22)10(7-11)9-19-21-16(24)8-15(23)20-13-4-2-12(18)3-5-13/h1-7,9,22H,8H2,(H,20,23)(H,21,24). The van der Waals surface area contributed by atoms with Crippen LogP contribution in [0.2, 0.25) is 5.02 Å². The van der Waals surface area contributed by atoms with Gasteiger partial charge in [-0.25, -0.2) is 9.82 Å². The average Bonchev–Trinajstić information content (AvgIpc) is 2.53. The number of aromatic hydroxyl groups is 1. The molecule has 0 saturated carbocycles. The summed E-state index contributed by atoms with van der Waals surface area (Å²) < 4.78 is 12.7. The third-order valence-corrected chi connectivity index (χ3v) is 3.07. The van der Waals surface area contributed by atoms with Gasteiger partial charge in [0.1, 0.15) is 18.0 Å². The second-order valence-electron chi connectivity index (χ2n) is 4.73. The van der Waals surface area contributed by atoms with Crippen molar-refractivity contribution >= 4 is 35.3 Å². The van der Waals surface area contributed by atoms with Crippen molar-refractivity contribution in [1.29, 1.82) is 0 Å². The third kappa shape index (κ3) is 5.36. The second-order valence-corrected chi connectivity index (χ2v) is 5.16. The Hall–Kier alpha value is -2.93. The summed E-state index contributed by atoms with van der Waals surface area (Å²) in [4.78, 5) is 23.3. The summed E-state index contributed by atoms with van der Waals surface area (Å²) >= 11 is 5.78. The molecule has 6 nitrogen and oxygen atoms in total. The molecule has 0 unspecified atom stereocenters. The van der Waals surface area contributed by atoms with Gasteiger partial charge in [-0.1, -0.05) is 11.6 Å². The summed E-state index contributed by atoms with van der Waals surface area (Å²) in [6.07, 6.45) is 0.743. The van der Waals surface area contributed by atoms with E-state index in [-0.39, 0.29) is 5.75 Å². The molecule has 0 fully saturated rings. The van der Waals surface area contributed by atoms with Crippen LogP contribution in [0.5, 0.6) is 5.75 Å². The van der Waals surface area contributed by atoms with E-state index in [1.807, 2.05) is 0 Å². The van der Waals surface area contributed by atoms with Gasteiger partial charge in [0.05, 0.1) is 6.21 Å². The first-order chi connectivity index (χ1) is 11.4. The van der Waals surface area contributed by atoms with Gasteiger partial charge in [0, 0.05) is 16.3 Å². The highest BCUT2D eigenvalue weighted by atomic mass is 35.5. The van der Waals surface area contributed by atoms with Crippen molar-refractivity contribution in [1.82, 2.24) is 5.43 Å². The van der Waals surface area contributed by atoms with Crippen LogP contribution in [0.15, 0.2) is 47.6 Å². The third-order valence-electron chi connectivity index (χ3n) is 2.83. The van der Waals surface area contributed by atoms with E-state index in [4.69, 9.17) is 11.6 Å². The van der Waals surface area contributed by atoms with Gasteiger partial charge < -0.3 is 10.4 Å². The molecule has 0 aromatic heterocycles. The fourth-order valence-corrected chi connectivity index (χ4v) is 1.91. The molecule has 0 aliphatic rings. The van der Waals surface area contributed by atoms with Crippen molar-refractivity contribution < 1.29 is 19.1 Å². The highest BCUT2D eigenvalue weighted by molar-refractivity contribution is 6.30. The first-order valence-corrected chi connectivity index (χ1v) is 7.17. The number of phenolic OH excluding ortho intramolecular Hbond substituents is 1. The molecule has 0 spiro atoms. The zero-order chi connectivity index (χ0) is 17.5. The van der Waals surface area contributed by atoms with Gasteiger partial charge >= 0.3 is 0 Å². The molecule has 0 saturated heterocycles. The molecule has 3 N–H and O–H groups in total. The van der Waals surface area contributed by atoms with E-state index in [9.17, 15) is 19.1 Å². The number of phenols is 1. The van der Waals surface area contributed by atoms with Crippen LogP contribution in [0.25, 0.3) is 0 Å². The minimum atomic E-state index is -0.646. The molecule has 0 aliphatic heterocycles. The Morgan fingerprint density at radius 3 is 2.58 bits per heavy atom. The lowest BCUT2D eigenvalue weighted by molar-refractivity contribution is -0.126. The van der Waals surface area contributed by atoms with E-state index in [0.717, 1.165) is 0 Å². The minimum absolute atomic E-state index is 0.0496. The van der Waals surface area contributed by atoms with Crippen LogP contribution < -0.4 is 10.7 Å². The maximum atomic E-state index is 12.7. The van der Waals surface area contributed by atoms with Crippen LogP contribution in [0.4, 0.5) is 10.1 Å². The predicted molar refractivity (Wildman–Crippen MR) is 88.5 cm³/mol. The van der Waals surface area contributed by atoms with Crippen LogP contribution >= 0.6 is 11.6 Å². The summed E-state index contributed by atoms with van der Waals surface area (Å²) in [5.74, 6) is -1.69. The van der Waals surface area contributed by atoms with Crippen molar-refractivity contribution in [3.63, 3.8) is 0 Å². The lowest BCUT2D eigenvalue weighted by Crippen LogP contribution is -2.24. The summed E-state index contributed by atoms with van der Waals surface area (Å²) in [5.41, 5.74) is 2.85. The molecule has 2 aromatic rings. The Morgan fingerprint density at radius 1 is 1.17 bits per heavy atom. The number of benzene rings is 2. The summed E-state index contributed by atoms with van der Waals surface area (Å²) in [5, 5.41) is 16.1. The molecular weight excluding hydrogens is 337 g/mol. The SMILES string of the molecule is O=C(CC(=O)Nc1ccc(F)cc1)NN=Cc1cc(Cl)ccc1O. The molecule has 0 bridgehead atoms. The van der Waals surface area contributed by atoms with Gasteiger partial charge in [-0.2, -0.15) is 5.10 Å². The first-order valence-electron chi connectivity index (χ1n) is 6.80. The molecule has 124 valence electrons. The molecule has 2 amide bonds. The molecule has 2 aromatic carbocycles. The molecular formula is C16H13ClFN3O3. The fourth-order valence-electron chi connectivity index (χ4n) is 1.73. The molecule has 0 radical (unpaired) electrons. The largest absolute Gasteiger partial charge is 0.507 e. The molecule has 2 rings (SSSR count). The van der Waals surface area contributed by atoms with Gasteiger partial charge in [0.2, 0.25) is 11.8 Å². The first kappa shape index (κ1) is 17.4. The van der Waals surface area contributed by atoms with Crippen molar-refractivity contribution in [2.24, 2.45) is 5.10 Å². The average molecular weight is 350 g/mol. The summed E-state index contributed by atoms with van der Waals surface area (Å²) in [6.45, 7) is 0. The smallest absolute Gasteiger partial charge is 0.249 e. The van der Waals surface area contributed by atoms with Gasteiger partial charge in [-0.3, -0.25) is 9.59 Å². The summed E-state index contributed by atoms with van der Waals surface area (Å²) in [6, 6.07) is 9.51. The number of nitrogens with zero attached hydrogens (tertiary/aromatic N) is 1. The Morgan fingerprint density at radius 2 is 1.88 bits per heavy atom. The Kier molecular flexibility index (Phi) is 5.86. The highest BCUT2D eigenvalue weighted by Gasteiger charge is 2.09. The number of hydrogen-bond donors (Lipinski definition) is 3. The van der Waals surface area contributed by atoms with Gasteiger partial charge in [0.15, 0.2) is 0 Å². The number of hydrazone groups is 1.